The Bertz CT molecular complexity index is 441. The van der Waals surface area contributed by atoms with Crippen LogP contribution in [0.4, 0.5) is 0 Å². The molecule has 1 aliphatic rings. The number of hydrogen-bond acceptors (Lipinski definition) is 2. The van der Waals surface area contributed by atoms with Crippen LogP contribution in [0.1, 0.15) is 42.5 Å². The van der Waals surface area contributed by atoms with Crippen molar-refractivity contribution in [2.75, 3.05) is 13.6 Å². The van der Waals surface area contributed by atoms with Crippen molar-refractivity contribution in [3.8, 4) is 0 Å². The average molecular weight is 248 g/mol. The van der Waals surface area contributed by atoms with Crippen molar-refractivity contribution >= 4 is 5.91 Å². The van der Waals surface area contributed by atoms with Crippen molar-refractivity contribution in [1.82, 2.24) is 9.88 Å². The van der Waals surface area contributed by atoms with E-state index in [4.69, 9.17) is 0 Å². The SMILES string of the molecule is CN(CC1CCCCC1)C(=O)c1ccc(=O)[nH]c1. The third kappa shape index (κ3) is 3.22. The van der Waals surface area contributed by atoms with Crippen LogP contribution in [0.15, 0.2) is 23.1 Å². The van der Waals surface area contributed by atoms with Crippen LogP contribution in [-0.4, -0.2) is 29.4 Å². The van der Waals surface area contributed by atoms with Gasteiger partial charge in [0.05, 0.1) is 5.56 Å². The Kier molecular flexibility index (Phi) is 4.18. The zero-order valence-electron chi connectivity index (χ0n) is 10.8. The number of nitrogens with one attached hydrogen (secondary N) is 1. The summed E-state index contributed by atoms with van der Waals surface area (Å²) in [5.41, 5.74) is 0.370. The van der Waals surface area contributed by atoms with E-state index in [1.165, 1.54) is 44.4 Å². The summed E-state index contributed by atoms with van der Waals surface area (Å²) < 4.78 is 0. The number of rotatable bonds is 3. The number of aromatic amines is 1. The lowest BCUT2D eigenvalue weighted by Crippen LogP contribution is -2.32. The molecule has 1 amide bonds. The summed E-state index contributed by atoms with van der Waals surface area (Å²) in [6.07, 6.45) is 7.83. The highest BCUT2D eigenvalue weighted by Crippen LogP contribution is 2.24. The lowest BCUT2D eigenvalue weighted by atomic mass is 9.89. The second kappa shape index (κ2) is 5.85. The van der Waals surface area contributed by atoms with Crippen molar-refractivity contribution in [2.24, 2.45) is 5.92 Å². The third-order valence-electron chi connectivity index (χ3n) is 3.63. The fraction of sp³-hybridized carbons (Fsp3) is 0.571. The van der Waals surface area contributed by atoms with Crippen LogP contribution < -0.4 is 5.56 Å². The first-order chi connectivity index (χ1) is 8.66. The number of H-pyrrole nitrogens is 1. The quantitative estimate of drug-likeness (QED) is 0.889. The fourth-order valence-corrected chi connectivity index (χ4v) is 2.60. The van der Waals surface area contributed by atoms with Gasteiger partial charge in [0.2, 0.25) is 5.56 Å². The molecule has 1 saturated carbocycles. The van der Waals surface area contributed by atoms with E-state index in [0.717, 1.165) is 6.54 Å². The van der Waals surface area contributed by atoms with Crippen molar-refractivity contribution < 1.29 is 4.79 Å². The maximum absolute atomic E-state index is 12.1. The summed E-state index contributed by atoms with van der Waals surface area (Å²) in [5.74, 6) is 0.618. The second-order valence-electron chi connectivity index (χ2n) is 5.13. The highest BCUT2D eigenvalue weighted by Gasteiger charge is 2.19. The Hall–Kier alpha value is -1.58. The first-order valence-corrected chi connectivity index (χ1v) is 6.61. The first kappa shape index (κ1) is 12.9. The molecule has 1 fully saturated rings. The molecule has 0 unspecified atom stereocenters. The maximum Gasteiger partial charge on any atom is 0.255 e. The second-order valence-corrected chi connectivity index (χ2v) is 5.13. The van der Waals surface area contributed by atoms with Gasteiger partial charge in [-0.1, -0.05) is 19.3 Å². The van der Waals surface area contributed by atoms with Crippen LogP contribution in [-0.2, 0) is 0 Å². The van der Waals surface area contributed by atoms with Gasteiger partial charge in [0, 0.05) is 25.9 Å². The van der Waals surface area contributed by atoms with Crippen LogP contribution in [0.25, 0.3) is 0 Å². The van der Waals surface area contributed by atoms with Gasteiger partial charge in [-0.15, -0.1) is 0 Å². The average Bonchev–Trinajstić information content (AvgIpc) is 2.40. The molecule has 18 heavy (non-hydrogen) atoms. The van der Waals surface area contributed by atoms with Crippen LogP contribution in [0.3, 0.4) is 0 Å². The molecular formula is C14H20N2O2. The minimum absolute atomic E-state index is 0.0168. The number of aromatic nitrogens is 1. The molecule has 0 spiro atoms. The molecule has 0 aliphatic heterocycles. The van der Waals surface area contributed by atoms with E-state index in [0.29, 0.717) is 11.5 Å². The van der Waals surface area contributed by atoms with E-state index in [9.17, 15) is 9.59 Å². The molecular weight excluding hydrogens is 228 g/mol. The van der Waals surface area contributed by atoms with Crippen LogP contribution >= 0.6 is 0 Å². The number of nitrogens with zero attached hydrogens (tertiary/aromatic N) is 1. The minimum Gasteiger partial charge on any atom is -0.341 e. The number of carbonyl (C=O) groups excluding carboxylic acids is 1. The van der Waals surface area contributed by atoms with Crippen molar-refractivity contribution in [2.45, 2.75) is 32.1 Å². The Balaban J connectivity index is 1.95. The monoisotopic (exact) mass is 248 g/mol. The molecule has 0 bridgehead atoms. The standard InChI is InChI=1S/C14H20N2O2/c1-16(10-11-5-3-2-4-6-11)14(18)12-7-8-13(17)15-9-12/h7-9,11H,2-6,10H2,1H3,(H,15,17). The van der Waals surface area contributed by atoms with Crippen molar-refractivity contribution in [1.29, 1.82) is 0 Å². The van der Waals surface area contributed by atoms with E-state index in [1.807, 2.05) is 7.05 Å². The molecule has 0 atom stereocenters. The van der Waals surface area contributed by atoms with Crippen LogP contribution in [0, 0.1) is 5.92 Å². The predicted octanol–water partition coefficient (Wildman–Crippen LogP) is 2.03. The number of pyridine rings is 1. The van der Waals surface area contributed by atoms with Crippen LogP contribution in [0.2, 0.25) is 0 Å². The summed E-state index contributed by atoms with van der Waals surface area (Å²) in [7, 11) is 1.84. The third-order valence-corrected chi connectivity index (χ3v) is 3.63. The van der Waals surface area contributed by atoms with Crippen molar-refractivity contribution in [3.63, 3.8) is 0 Å². The summed E-state index contributed by atoms with van der Waals surface area (Å²) in [6.45, 7) is 0.817. The molecule has 4 heteroatoms. The maximum atomic E-state index is 12.1. The zero-order valence-corrected chi connectivity index (χ0v) is 10.8. The van der Waals surface area contributed by atoms with Gasteiger partial charge in [-0.05, 0) is 24.8 Å². The Morgan fingerprint density at radius 1 is 1.33 bits per heavy atom. The molecule has 1 N–H and O–H groups in total. The molecule has 98 valence electrons. The lowest BCUT2D eigenvalue weighted by Gasteiger charge is -2.27. The van der Waals surface area contributed by atoms with Gasteiger partial charge in [-0.3, -0.25) is 9.59 Å². The largest absolute Gasteiger partial charge is 0.341 e. The molecule has 4 nitrogen and oxygen atoms in total. The van der Waals surface area contributed by atoms with Gasteiger partial charge in [-0.25, -0.2) is 0 Å². The fourth-order valence-electron chi connectivity index (χ4n) is 2.60. The normalized spacial score (nSPS) is 16.5. The molecule has 1 aliphatic carbocycles. The van der Waals surface area contributed by atoms with Crippen molar-refractivity contribution in [3.05, 3.63) is 34.2 Å². The van der Waals surface area contributed by atoms with E-state index in [2.05, 4.69) is 4.98 Å². The van der Waals surface area contributed by atoms with E-state index >= 15 is 0 Å². The number of carbonyl (C=O) groups is 1. The number of hydrogen-bond donors (Lipinski definition) is 1. The molecule has 1 aromatic rings. The summed E-state index contributed by atoms with van der Waals surface area (Å²) >= 11 is 0. The summed E-state index contributed by atoms with van der Waals surface area (Å²) in [6, 6.07) is 2.97. The van der Waals surface area contributed by atoms with Crippen LogP contribution in [0.5, 0.6) is 0 Å². The highest BCUT2D eigenvalue weighted by atomic mass is 16.2. The molecule has 1 aromatic heterocycles. The van der Waals surface area contributed by atoms with Gasteiger partial charge < -0.3 is 9.88 Å². The topological polar surface area (TPSA) is 53.2 Å². The van der Waals surface area contributed by atoms with E-state index in [1.54, 1.807) is 11.0 Å². The molecule has 2 rings (SSSR count). The highest BCUT2D eigenvalue weighted by molar-refractivity contribution is 5.93. The van der Waals surface area contributed by atoms with Gasteiger partial charge in [-0.2, -0.15) is 0 Å². The molecule has 0 radical (unpaired) electrons. The van der Waals surface area contributed by atoms with E-state index in [-0.39, 0.29) is 11.5 Å². The van der Waals surface area contributed by atoms with E-state index < -0.39 is 0 Å². The Morgan fingerprint density at radius 3 is 2.67 bits per heavy atom. The van der Waals surface area contributed by atoms with Gasteiger partial charge in [0.15, 0.2) is 0 Å². The predicted molar refractivity (Wildman–Crippen MR) is 70.6 cm³/mol. The number of amides is 1. The first-order valence-electron chi connectivity index (χ1n) is 6.61. The van der Waals surface area contributed by atoms with Gasteiger partial charge >= 0.3 is 0 Å². The zero-order chi connectivity index (χ0) is 13.0. The molecule has 1 heterocycles. The van der Waals surface area contributed by atoms with Gasteiger partial charge in [0.1, 0.15) is 0 Å². The summed E-state index contributed by atoms with van der Waals surface area (Å²) in [4.78, 5) is 27.4. The minimum atomic E-state index is -0.179. The lowest BCUT2D eigenvalue weighted by molar-refractivity contribution is 0.0760. The summed E-state index contributed by atoms with van der Waals surface area (Å²) in [5, 5.41) is 0. The molecule has 0 saturated heterocycles. The Morgan fingerprint density at radius 2 is 2.06 bits per heavy atom. The smallest absolute Gasteiger partial charge is 0.255 e. The van der Waals surface area contributed by atoms with Gasteiger partial charge in [0.25, 0.3) is 5.91 Å². The molecule has 0 aromatic carbocycles. The Labute approximate surface area is 107 Å².